The highest BCUT2D eigenvalue weighted by Crippen LogP contribution is 2.26. The molecule has 0 fully saturated rings. The Hall–Kier alpha value is -2.12. The number of aromatic amines is 1. The quantitative estimate of drug-likeness (QED) is 0.846. The molecule has 0 aliphatic carbocycles. The number of anilines is 1. The van der Waals surface area contributed by atoms with Gasteiger partial charge in [0.25, 0.3) is 0 Å². The predicted molar refractivity (Wildman–Crippen MR) is 80.8 cm³/mol. The molecule has 0 bridgehead atoms. The van der Waals surface area contributed by atoms with Crippen molar-refractivity contribution in [2.45, 2.75) is 6.92 Å². The highest BCUT2D eigenvalue weighted by Gasteiger charge is 2.08. The van der Waals surface area contributed by atoms with E-state index in [2.05, 4.69) is 11.1 Å². The minimum Gasteiger partial charge on any atom is -0.378 e. The maximum Gasteiger partial charge on any atom is 0.122 e. The summed E-state index contributed by atoms with van der Waals surface area (Å²) < 4.78 is 0.495. The van der Waals surface area contributed by atoms with E-state index < -0.39 is 0 Å². The standard InChI is InChI=1S/C15H15N3S/c1-10-8-13(14(9-16)15(19)17-10)11-4-6-12(7-5-11)18(2)3/h4-8H,1-3H3,(H,17,19). The van der Waals surface area contributed by atoms with Crippen molar-refractivity contribution in [1.82, 2.24) is 4.98 Å². The normalized spacial score (nSPS) is 10.0. The van der Waals surface area contributed by atoms with Crippen molar-refractivity contribution in [3.05, 3.63) is 46.2 Å². The van der Waals surface area contributed by atoms with Gasteiger partial charge in [0.05, 0.1) is 5.56 Å². The van der Waals surface area contributed by atoms with Crippen LogP contribution in [-0.4, -0.2) is 19.1 Å². The van der Waals surface area contributed by atoms with Gasteiger partial charge in [0.2, 0.25) is 0 Å². The van der Waals surface area contributed by atoms with E-state index in [1.54, 1.807) is 0 Å². The minimum absolute atomic E-state index is 0.495. The van der Waals surface area contributed by atoms with Gasteiger partial charge >= 0.3 is 0 Å². The van der Waals surface area contributed by atoms with Gasteiger partial charge in [0.15, 0.2) is 0 Å². The van der Waals surface area contributed by atoms with Crippen LogP contribution in [0.1, 0.15) is 11.3 Å². The number of nitrogens with zero attached hydrogens (tertiary/aromatic N) is 2. The summed E-state index contributed by atoms with van der Waals surface area (Å²) in [5.41, 5.74) is 4.49. The zero-order chi connectivity index (χ0) is 14.0. The average molecular weight is 269 g/mol. The Labute approximate surface area is 118 Å². The van der Waals surface area contributed by atoms with E-state index in [-0.39, 0.29) is 0 Å². The first-order valence-corrected chi connectivity index (χ1v) is 6.35. The topological polar surface area (TPSA) is 42.8 Å². The van der Waals surface area contributed by atoms with Gasteiger partial charge in [-0.2, -0.15) is 5.26 Å². The lowest BCUT2D eigenvalue weighted by Gasteiger charge is -2.13. The van der Waals surface area contributed by atoms with Crippen LogP contribution >= 0.6 is 12.2 Å². The Morgan fingerprint density at radius 2 is 1.84 bits per heavy atom. The Morgan fingerprint density at radius 1 is 1.21 bits per heavy atom. The van der Waals surface area contributed by atoms with Crippen molar-refractivity contribution >= 4 is 17.9 Å². The second-order valence-electron chi connectivity index (χ2n) is 4.62. The number of nitriles is 1. The summed E-state index contributed by atoms with van der Waals surface area (Å²) in [5, 5.41) is 9.25. The monoisotopic (exact) mass is 269 g/mol. The third-order valence-electron chi connectivity index (χ3n) is 2.97. The number of rotatable bonds is 2. The van der Waals surface area contributed by atoms with E-state index in [4.69, 9.17) is 12.2 Å². The van der Waals surface area contributed by atoms with Gasteiger partial charge in [-0.1, -0.05) is 24.4 Å². The zero-order valence-corrected chi connectivity index (χ0v) is 12.0. The van der Waals surface area contributed by atoms with E-state index in [9.17, 15) is 5.26 Å². The molecule has 3 nitrogen and oxygen atoms in total. The minimum atomic E-state index is 0.495. The van der Waals surface area contributed by atoms with Gasteiger partial charge in [-0.15, -0.1) is 0 Å². The number of nitrogens with one attached hydrogen (secondary N) is 1. The molecule has 0 unspecified atom stereocenters. The molecular weight excluding hydrogens is 254 g/mol. The zero-order valence-electron chi connectivity index (χ0n) is 11.2. The van der Waals surface area contributed by atoms with Crippen molar-refractivity contribution in [3.63, 3.8) is 0 Å². The van der Waals surface area contributed by atoms with E-state index in [1.165, 1.54) is 0 Å². The van der Waals surface area contributed by atoms with Crippen LogP contribution < -0.4 is 4.90 Å². The van der Waals surface area contributed by atoms with Crippen molar-refractivity contribution < 1.29 is 0 Å². The van der Waals surface area contributed by atoms with Gasteiger partial charge in [-0.3, -0.25) is 0 Å². The van der Waals surface area contributed by atoms with Gasteiger partial charge in [0, 0.05) is 31.0 Å². The average Bonchev–Trinajstić information content (AvgIpc) is 2.38. The number of hydrogen-bond donors (Lipinski definition) is 1. The van der Waals surface area contributed by atoms with Crippen molar-refractivity contribution in [3.8, 4) is 17.2 Å². The molecule has 2 aromatic rings. The number of benzene rings is 1. The van der Waals surface area contributed by atoms with Crippen molar-refractivity contribution in [2.75, 3.05) is 19.0 Å². The lowest BCUT2D eigenvalue weighted by Crippen LogP contribution is -2.07. The Bertz CT molecular complexity index is 691. The summed E-state index contributed by atoms with van der Waals surface area (Å²) in [6.45, 7) is 1.94. The fourth-order valence-electron chi connectivity index (χ4n) is 1.97. The van der Waals surface area contributed by atoms with Gasteiger partial charge in [0.1, 0.15) is 10.7 Å². The van der Waals surface area contributed by atoms with Gasteiger partial charge < -0.3 is 9.88 Å². The fraction of sp³-hybridized carbons (Fsp3) is 0.200. The molecule has 19 heavy (non-hydrogen) atoms. The van der Waals surface area contributed by atoms with Crippen LogP contribution in [0.4, 0.5) is 5.69 Å². The largest absolute Gasteiger partial charge is 0.378 e. The molecular formula is C15H15N3S. The molecule has 1 heterocycles. The Balaban J connectivity index is 2.59. The fourth-order valence-corrected chi connectivity index (χ4v) is 2.28. The maximum atomic E-state index is 9.25. The second-order valence-corrected chi connectivity index (χ2v) is 5.03. The van der Waals surface area contributed by atoms with Crippen LogP contribution in [0.2, 0.25) is 0 Å². The molecule has 96 valence electrons. The number of H-pyrrole nitrogens is 1. The number of aryl methyl sites for hydroxylation is 1. The maximum absolute atomic E-state index is 9.25. The molecule has 1 aromatic heterocycles. The molecule has 0 amide bonds. The lowest BCUT2D eigenvalue weighted by molar-refractivity contribution is 1.13. The van der Waals surface area contributed by atoms with Crippen LogP contribution in [0, 0.1) is 22.9 Å². The van der Waals surface area contributed by atoms with Crippen LogP contribution in [0.5, 0.6) is 0 Å². The lowest BCUT2D eigenvalue weighted by atomic mass is 10.0. The molecule has 0 aliphatic rings. The SMILES string of the molecule is Cc1cc(-c2ccc(N(C)C)cc2)c(C#N)c(=S)[nH]1. The van der Waals surface area contributed by atoms with E-state index in [1.807, 2.05) is 56.3 Å². The highest BCUT2D eigenvalue weighted by atomic mass is 32.1. The Morgan fingerprint density at radius 3 is 2.37 bits per heavy atom. The molecule has 0 saturated heterocycles. The van der Waals surface area contributed by atoms with E-state index in [0.29, 0.717) is 10.2 Å². The summed E-state index contributed by atoms with van der Waals surface area (Å²) in [6.07, 6.45) is 0. The number of pyridine rings is 1. The first-order valence-electron chi connectivity index (χ1n) is 5.94. The van der Waals surface area contributed by atoms with Gasteiger partial charge in [-0.25, -0.2) is 0 Å². The number of hydrogen-bond acceptors (Lipinski definition) is 3. The van der Waals surface area contributed by atoms with E-state index in [0.717, 1.165) is 22.5 Å². The van der Waals surface area contributed by atoms with Crippen LogP contribution in [0.25, 0.3) is 11.1 Å². The summed E-state index contributed by atoms with van der Waals surface area (Å²) in [4.78, 5) is 5.05. The molecule has 1 N–H and O–H groups in total. The van der Waals surface area contributed by atoms with E-state index >= 15 is 0 Å². The smallest absolute Gasteiger partial charge is 0.122 e. The first-order chi connectivity index (χ1) is 9.02. The summed E-state index contributed by atoms with van der Waals surface area (Å²) >= 11 is 5.21. The Kier molecular flexibility index (Phi) is 3.68. The molecule has 2 rings (SSSR count). The molecule has 0 atom stereocenters. The summed E-state index contributed by atoms with van der Waals surface area (Å²) in [7, 11) is 4.00. The van der Waals surface area contributed by atoms with Crippen molar-refractivity contribution in [1.29, 1.82) is 5.26 Å². The second kappa shape index (κ2) is 5.25. The molecule has 4 heteroatoms. The molecule has 0 spiro atoms. The van der Waals surface area contributed by atoms with Crippen LogP contribution in [0.3, 0.4) is 0 Å². The summed E-state index contributed by atoms with van der Waals surface area (Å²) in [6, 6.07) is 12.2. The van der Waals surface area contributed by atoms with Crippen LogP contribution in [0.15, 0.2) is 30.3 Å². The molecule has 1 aromatic carbocycles. The molecule has 0 radical (unpaired) electrons. The highest BCUT2D eigenvalue weighted by molar-refractivity contribution is 7.71. The first kappa shape index (κ1) is 13.3. The number of aromatic nitrogens is 1. The third kappa shape index (κ3) is 2.67. The third-order valence-corrected chi connectivity index (χ3v) is 3.28. The van der Waals surface area contributed by atoms with Crippen LogP contribution in [-0.2, 0) is 0 Å². The summed E-state index contributed by atoms with van der Waals surface area (Å²) in [5.74, 6) is 0. The molecule has 0 saturated carbocycles. The van der Waals surface area contributed by atoms with Crippen molar-refractivity contribution in [2.24, 2.45) is 0 Å². The van der Waals surface area contributed by atoms with Gasteiger partial charge in [-0.05, 0) is 30.7 Å². The molecule has 0 aliphatic heterocycles. The predicted octanol–water partition coefficient (Wildman–Crippen LogP) is 3.66.